The average Bonchev–Trinajstić information content (AvgIpc) is 2.85. The number of rotatable bonds is 4. The molecular formula is C11H11FN4O. The van der Waals surface area contributed by atoms with Gasteiger partial charge < -0.3 is 5.32 Å². The molecule has 0 aliphatic carbocycles. The summed E-state index contributed by atoms with van der Waals surface area (Å²) >= 11 is 0. The molecule has 0 atom stereocenters. The monoisotopic (exact) mass is 234 g/mol. The summed E-state index contributed by atoms with van der Waals surface area (Å²) in [6.07, 6.45) is 1.91. The lowest BCUT2D eigenvalue weighted by Crippen LogP contribution is -2.26. The van der Waals surface area contributed by atoms with Gasteiger partial charge in [0.25, 0.3) is 5.91 Å². The van der Waals surface area contributed by atoms with E-state index in [1.54, 1.807) is 12.1 Å². The van der Waals surface area contributed by atoms with Gasteiger partial charge in [-0.3, -0.25) is 9.89 Å². The van der Waals surface area contributed by atoms with Crippen LogP contribution >= 0.6 is 0 Å². The van der Waals surface area contributed by atoms with Crippen molar-refractivity contribution in [3.63, 3.8) is 0 Å². The van der Waals surface area contributed by atoms with Gasteiger partial charge in [0.05, 0.1) is 0 Å². The molecule has 0 radical (unpaired) electrons. The number of halogens is 1. The number of aromatic amines is 1. The Kier molecular flexibility index (Phi) is 3.44. The van der Waals surface area contributed by atoms with Crippen LogP contribution in [0.15, 0.2) is 30.6 Å². The van der Waals surface area contributed by atoms with Crippen LogP contribution in [0, 0.1) is 5.82 Å². The van der Waals surface area contributed by atoms with Crippen LogP contribution in [0.2, 0.25) is 0 Å². The zero-order valence-electron chi connectivity index (χ0n) is 8.98. The maximum absolute atomic E-state index is 12.6. The van der Waals surface area contributed by atoms with E-state index in [1.807, 2.05) is 0 Å². The van der Waals surface area contributed by atoms with Gasteiger partial charge in [0.2, 0.25) is 5.82 Å². The minimum Gasteiger partial charge on any atom is -0.349 e. The highest BCUT2D eigenvalue weighted by atomic mass is 19.1. The van der Waals surface area contributed by atoms with Crippen LogP contribution in [0.5, 0.6) is 0 Å². The summed E-state index contributed by atoms with van der Waals surface area (Å²) in [7, 11) is 0. The Hall–Kier alpha value is -2.24. The van der Waals surface area contributed by atoms with Crippen molar-refractivity contribution >= 4 is 5.91 Å². The SMILES string of the molecule is O=C(NCCc1ccc(F)cc1)c1ncn[nH]1. The Balaban J connectivity index is 1.80. The lowest BCUT2D eigenvalue weighted by atomic mass is 10.1. The van der Waals surface area contributed by atoms with Crippen LogP contribution in [0.25, 0.3) is 0 Å². The van der Waals surface area contributed by atoms with Gasteiger partial charge in [0.15, 0.2) is 0 Å². The average molecular weight is 234 g/mol. The smallest absolute Gasteiger partial charge is 0.288 e. The molecular weight excluding hydrogens is 223 g/mol. The number of nitrogens with zero attached hydrogens (tertiary/aromatic N) is 2. The number of nitrogens with one attached hydrogen (secondary N) is 2. The first kappa shape index (κ1) is 11.3. The largest absolute Gasteiger partial charge is 0.349 e. The Morgan fingerprint density at radius 3 is 2.76 bits per heavy atom. The fourth-order valence-electron chi connectivity index (χ4n) is 1.37. The highest BCUT2D eigenvalue weighted by Gasteiger charge is 2.06. The second-order valence-corrected chi connectivity index (χ2v) is 3.47. The van der Waals surface area contributed by atoms with Crippen LogP contribution in [-0.4, -0.2) is 27.6 Å². The van der Waals surface area contributed by atoms with Crippen LogP contribution in [0.1, 0.15) is 16.2 Å². The van der Waals surface area contributed by atoms with E-state index in [4.69, 9.17) is 0 Å². The third-order valence-corrected chi connectivity index (χ3v) is 2.24. The second kappa shape index (κ2) is 5.20. The van der Waals surface area contributed by atoms with Crippen molar-refractivity contribution in [3.8, 4) is 0 Å². The molecule has 2 rings (SSSR count). The van der Waals surface area contributed by atoms with Gasteiger partial charge in [0, 0.05) is 6.54 Å². The highest BCUT2D eigenvalue weighted by Crippen LogP contribution is 2.02. The number of hydrogen-bond donors (Lipinski definition) is 2. The zero-order valence-corrected chi connectivity index (χ0v) is 8.98. The molecule has 0 saturated carbocycles. The van der Waals surface area contributed by atoms with E-state index in [0.29, 0.717) is 13.0 Å². The molecule has 2 aromatic rings. The molecule has 1 aromatic carbocycles. The third-order valence-electron chi connectivity index (χ3n) is 2.24. The predicted octanol–water partition coefficient (Wildman–Crippen LogP) is 0.916. The van der Waals surface area contributed by atoms with Crippen molar-refractivity contribution in [3.05, 3.63) is 47.8 Å². The third kappa shape index (κ3) is 3.10. The first-order valence-corrected chi connectivity index (χ1v) is 5.14. The molecule has 2 N–H and O–H groups in total. The number of hydrogen-bond acceptors (Lipinski definition) is 3. The van der Waals surface area contributed by atoms with Gasteiger partial charge in [-0.15, -0.1) is 0 Å². The van der Waals surface area contributed by atoms with E-state index in [-0.39, 0.29) is 17.5 Å². The van der Waals surface area contributed by atoms with Crippen molar-refractivity contribution in [2.24, 2.45) is 0 Å². The Bertz CT molecular complexity index is 481. The van der Waals surface area contributed by atoms with Gasteiger partial charge in [-0.05, 0) is 24.1 Å². The lowest BCUT2D eigenvalue weighted by Gasteiger charge is -2.03. The number of aromatic nitrogens is 3. The van der Waals surface area contributed by atoms with Gasteiger partial charge in [0.1, 0.15) is 12.1 Å². The molecule has 1 amide bonds. The summed E-state index contributed by atoms with van der Waals surface area (Å²) in [4.78, 5) is 15.2. The van der Waals surface area contributed by atoms with Crippen molar-refractivity contribution in [1.29, 1.82) is 0 Å². The Morgan fingerprint density at radius 2 is 2.12 bits per heavy atom. The number of benzene rings is 1. The number of amides is 1. The molecule has 5 nitrogen and oxygen atoms in total. The molecule has 6 heteroatoms. The Labute approximate surface area is 97.1 Å². The standard InChI is InChI=1S/C11H11FN4O/c12-9-3-1-8(2-4-9)5-6-13-11(17)10-14-7-15-16-10/h1-4,7H,5-6H2,(H,13,17)(H,14,15,16). The van der Waals surface area contributed by atoms with E-state index in [9.17, 15) is 9.18 Å². The number of H-pyrrole nitrogens is 1. The van der Waals surface area contributed by atoms with Gasteiger partial charge in [-0.25, -0.2) is 9.37 Å². The fourth-order valence-corrected chi connectivity index (χ4v) is 1.37. The molecule has 0 unspecified atom stereocenters. The molecule has 0 aliphatic rings. The van der Waals surface area contributed by atoms with Crippen molar-refractivity contribution < 1.29 is 9.18 Å². The van der Waals surface area contributed by atoms with Gasteiger partial charge >= 0.3 is 0 Å². The highest BCUT2D eigenvalue weighted by molar-refractivity contribution is 5.90. The molecule has 1 aromatic heterocycles. The van der Waals surface area contributed by atoms with E-state index < -0.39 is 0 Å². The lowest BCUT2D eigenvalue weighted by molar-refractivity contribution is 0.0944. The maximum atomic E-state index is 12.6. The molecule has 88 valence electrons. The molecule has 0 aliphatic heterocycles. The second-order valence-electron chi connectivity index (χ2n) is 3.47. The van der Waals surface area contributed by atoms with Crippen molar-refractivity contribution in [2.45, 2.75) is 6.42 Å². The summed E-state index contributed by atoms with van der Waals surface area (Å²) in [6.45, 7) is 0.463. The first-order valence-electron chi connectivity index (χ1n) is 5.14. The normalized spacial score (nSPS) is 10.2. The fraction of sp³-hybridized carbons (Fsp3) is 0.182. The molecule has 1 heterocycles. The molecule has 0 fully saturated rings. The first-order chi connectivity index (χ1) is 8.25. The minimum absolute atomic E-state index is 0.184. The van der Waals surface area contributed by atoms with Crippen LogP contribution < -0.4 is 5.32 Å². The van der Waals surface area contributed by atoms with Crippen molar-refractivity contribution in [2.75, 3.05) is 6.54 Å². The minimum atomic E-state index is -0.301. The van der Waals surface area contributed by atoms with E-state index >= 15 is 0 Å². The van der Waals surface area contributed by atoms with Gasteiger partial charge in [-0.2, -0.15) is 5.10 Å². The summed E-state index contributed by atoms with van der Waals surface area (Å²) < 4.78 is 12.6. The predicted molar refractivity (Wildman–Crippen MR) is 58.8 cm³/mol. The molecule has 0 bridgehead atoms. The van der Waals surface area contributed by atoms with E-state index in [0.717, 1.165) is 5.56 Å². The quantitative estimate of drug-likeness (QED) is 0.826. The maximum Gasteiger partial charge on any atom is 0.288 e. The van der Waals surface area contributed by atoms with Crippen LogP contribution in [0.4, 0.5) is 4.39 Å². The van der Waals surface area contributed by atoms with Crippen LogP contribution in [0.3, 0.4) is 0 Å². The topological polar surface area (TPSA) is 70.7 Å². The van der Waals surface area contributed by atoms with E-state index in [2.05, 4.69) is 20.5 Å². The van der Waals surface area contributed by atoms with Crippen LogP contribution in [-0.2, 0) is 6.42 Å². The molecule has 0 saturated heterocycles. The number of carbonyl (C=O) groups is 1. The summed E-state index contributed by atoms with van der Waals surface area (Å²) in [6, 6.07) is 6.17. The summed E-state index contributed by atoms with van der Waals surface area (Å²) in [5.41, 5.74) is 0.962. The van der Waals surface area contributed by atoms with Crippen molar-refractivity contribution in [1.82, 2.24) is 20.5 Å². The zero-order chi connectivity index (χ0) is 12.1. The van der Waals surface area contributed by atoms with E-state index in [1.165, 1.54) is 18.5 Å². The molecule has 0 spiro atoms. The summed E-state index contributed by atoms with van der Waals surface area (Å²) in [5, 5.41) is 8.73. The Morgan fingerprint density at radius 1 is 1.35 bits per heavy atom. The van der Waals surface area contributed by atoms with Gasteiger partial charge in [-0.1, -0.05) is 12.1 Å². The summed E-state index contributed by atoms with van der Waals surface area (Å²) in [5.74, 6) is -0.381. The number of carbonyl (C=O) groups excluding carboxylic acids is 1. The molecule has 17 heavy (non-hydrogen) atoms.